The molecular formula is C20H20N2O2S2. The molecule has 1 atom stereocenters. The molecule has 1 fully saturated rings. The molecule has 0 N–H and O–H groups in total. The Kier molecular flexibility index (Phi) is 5.13. The molecule has 0 bridgehead atoms. The number of fused-ring (bicyclic) bond motifs is 1. The predicted molar refractivity (Wildman–Crippen MR) is 106 cm³/mol. The van der Waals surface area contributed by atoms with Crippen molar-refractivity contribution in [3.63, 3.8) is 0 Å². The monoisotopic (exact) mass is 384 g/mol. The number of Topliss-reactive ketones (excluding diaryl/α,β-unsaturated/α-hetero) is 1. The van der Waals surface area contributed by atoms with Gasteiger partial charge in [-0.1, -0.05) is 18.2 Å². The molecule has 3 heterocycles. The van der Waals surface area contributed by atoms with Crippen LogP contribution in [0.15, 0.2) is 41.8 Å². The maximum atomic E-state index is 12.6. The van der Waals surface area contributed by atoms with Gasteiger partial charge in [0.2, 0.25) is 5.91 Å². The highest BCUT2D eigenvalue weighted by Gasteiger charge is 2.27. The lowest BCUT2D eigenvalue weighted by Gasteiger charge is -2.31. The van der Waals surface area contributed by atoms with E-state index in [-0.39, 0.29) is 11.7 Å². The van der Waals surface area contributed by atoms with Crippen molar-refractivity contribution < 1.29 is 9.59 Å². The molecule has 1 aliphatic heterocycles. The van der Waals surface area contributed by atoms with Crippen molar-refractivity contribution in [2.75, 3.05) is 13.1 Å². The van der Waals surface area contributed by atoms with E-state index in [1.165, 1.54) is 16.0 Å². The molecule has 6 heteroatoms. The summed E-state index contributed by atoms with van der Waals surface area (Å²) in [5.41, 5.74) is 1.04. The van der Waals surface area contributed by atoms with E-state index in [0.717, 1.165) is 34.8 Å². The largest absolute Gasteiger partial charge is 0.342 e. The molecule has 0 aliphatic carbocycles. The lowest BCUT2D eigenvalue weighted by molar-refractivity contribution is -0.132. The summed E-state index contributed by atoms with van der Waals surface area (Å²) >= 11 is 3.17. The van der Waals surface area contributed by atoms with E-state index in [4.69, 9.17) is 4.98 Å². The molecule has 1 aliphatic rings. The number of carbonyl (C=O) groups is 2. The molecule has 0 saturated carbocycles. The average Bonchev–Trinajstić information content (AvgIpc) is 3.35. The zero-order valence-corrected chi connectivity index (χ0v) is 16.0. The lowest BCUT2D eigenvalue weighted by atomic mass is 9.98. The third-order valence-electron chi connectivity index (χ3n) is 4.80. The number of rotatable bonds is 5. The number of piperidine rings is 1. The molecule has 1 amide bonds. The summed E-state index contributed by atoms with van der Waals surface area (Å²) in [7, 11) is 0. The molecule has 0 radical (unpaired) electrons. The van der Waals surface area contributed by atoms with Gasteiger partial charge in [-0.05, 0) is 36.4 Å². The summed E-state index contributed by atoms with van der Waals surface area (Å²) in [4.78, 5) is 32.1. The number of hydrogen-bond donors (Lipinski definition) is 0. The summed E-state index contributed by atoms with van der Waals surface area (Å²) in [6, 6.07) is 11.9. The van der Waals surface area contributed by atoms with E-state index in [0.29, 0.717) is 25.3 Å². The van der Waals surface area contributed by atoms with Crippen molar-refractivity contribution in [3.8, 4) is 0 Å². The van der Waals surface area contributed by atoms with Crippen LogP contribution in [-0.4, -0.2) is 34.7 Å². The number of para-hydroxylation sites is 1. The van der Waals surface area contributed by atoms with Crippen LogP contribution in [0, 0.1) is 0 Å². The minimum Gasteiger partial charge on any atom is -0.342 e. The van der Waals surface area contributed by atoms with Gasteiger partial charge in [0.15, 0.2) is 5.78 Å². The number of benzene rings is 1. The molecule has 3 aromatic rings. The van der Waals surface area contributed by atoms with E-state index in [2.05, 4.69) is 6.07 Å². The SMILES string of the molecule is O=C(CCC(=O)N1CCC[C@@H](c2nc3ccccc3s2)C1)c1cccs1. The van der Waals surface area contributed by atoms with Gasteiger partial charge < -0.3 is 4.90 Å². The van der Waals surface area contributed by atoms with Crippen LogP contribution in [0.3, 0.4) is 0 Å². The normalized spacial score (nSPS) is 17.5. The third kappa shape index (κ3) is 3.71. The first kappa shape index (κ1) is 17.4. The van der Waals surface area contributed by atoms with Crippen molar-refractivity contribution in [2.24, 2.45) is 0 Å². The minimum atomic E-state index is 0.0630. The molecular weight excluding hydrogens is 364 g/mol. The predicted octanol–water partition coefficient (Wildman–Crippen LogP) is 4.73. The number of carbonyl (C=O) groups excluding carboxylic acids is 2. The maximum Gasteiger partial charge on any atom is 0.223 e. The van der Waals surface area contributed by atoms with Crippen LogP contribution in [0.1, 0.15) is 46.3 Å². The molecule has 26 heavy (non-hydrogen) atoms. The maximum absolute atomic E-state index is 12.6. The van der Waals surface area contributed by atoms with Gasteiger partial charge in [-0.2, -0.15) is 0 Å². The van der Waals surface area contributed by atoms with E-state index in [1.54, 1.807) is 11.3 Å². The summed E-state index contributed by atoms with van der Waals surface area (Å²) in [5, 5.41) is 3.01. The Balaban J connectivity index is 1.38. The zero-order valence-electron chi connectivity index (χ0n) is 14.4. The fourth-order valence-corrected chi connectivity index (χ4v) is 5.20. The molecule has 1 aromatic carbocycles. The van der Waals surface area contributed by atoms with Gasteiger partial charge in [0.1, 0.15) is 0 Å². The summed E-state index contributed by atoms with van der Waals surface area (Å²) in [6.07, 6.45) is 2.65. The quantitative estimate of drug-likeness (QED) is 0.598. The van der Waals surface area contributed by atoms with Gasteiger partial charge >= 0.3 is 0 Å². The van der Waals surface area contributed by atoms with E-state index in [9.17, 15) is 9.59 Å². The molecule has 134 valence electrons. The smallest absolute Gasteiger partial charge is 0.223 e. The highest BCUT2D eigenvalue weighted by molar-refractivity contribution is 7.18. The van der Waals surface area contributed by atoms with Gasteiger partial charge in [-0.25, -0.2) is 4.98 Å². The second-order valence-corrected chi connectivity index (χ2v) is 8.61. The Morgan fingerprint density at radius 2 is 2.04 bits per heavy atom. The van der Waals surface area contributed by atoms with Crippen molar-refractivity contribution in [2.45, 2.75) is 31.6 Å². The molecule has 4 rings (SSSR count). The van der Waals surface area contributed by atoms with E-state index < -0.39 is 0 Å². The van der Waals surface area contributed by atoms with Crippen LogP contribution in [-0.2, 0) is 4.79 Å². The van der Waals surface area contributed by atoms with Gasteiger partial charge in [-0.15, -0.1) is 22.7 Å². The number of hydrogen-bond acceptors (Lipinski definition) is 5. The fraction of sp³-hybridized carbons (Fsp3) is 0.350. The summed E-state index contributed by atoms with van der Waals surface area (Å²) in [6.45, 7) is 1.50. The first-order valence-electron chi connectivity index (χ1n) is 8.90. The van der Waals surface area contributed by atoms with E-state index >= 15 is 0 Å². The molecule has 0 unspecified atom stereocenters. The number of likely N-dealkylation sites (tertiary alicyclic amines) is 1. The highest BCUT2D eigenvalue weighted by Crippen LogP contribution is 2.33. The van der Waals surface area contributed by atoms with Crippen molar-refractivity contribution >= 4 is 44.6 Å². The van der Waals surface area contributed by atoms with Crippen LogP contribution < -0.4 is 0 Å². The summed E-state index contributed by atoms with van der Waals surface area (Å²) in [5.74, 6) is 0.451. The van der Waals surface area contributed by atoms with Crippen LogP contribution in [0.2, 0.25) is 0 Å². The molecule has 1 saturated heterocycles. The van der Waals surface area contributed by atoms with Gasteiger partial charge in [0.05, 0.1) is 20.1 Å². The fourth-order valence-electron chi connectivity index (χ4n) is 3.41. The van der Waals surface area contributed by atoms with Gasteiger partial charge in [0, 0.05) is 31.8 Å². The zero-order chi connectivity index (χ0) is 17.9. The Hall–Kier alpha value is -2.05. The average molecular weight is 385 g/mol. The third-order valence-corrected chi connectivity index (χ3v) is 6.91. The number of thiophene rings is 1. The highest BCUT2D eigenvalue weighted by atomic mass is 32.1. The second kappa shape index (κ2) is 7.68. The van der Waals surface area contributed by atoms with E-state index in [1.807, 2.05) is 40.6 Å². The number of nitrogens with zero attached hydrogens (tertiary/aromatic N) is 2. The molecule has 4 nitrogen and oxygen atoms in total. The van der Waals surface area contributed by atoms with Gasteiger partial charge in [-0.3, -0.25) is 9.59 Å². The second-order valence-electron chi connectivity index (χ2n) is 6.60. The Labute approximate surface area is 160 Å². The van der Waals surface area contributed by atoms with Gasteiger partial charge in [0.25, 0.3) is 0 Å². The number of aromatic nitrogens is 1. The molecule has 0 spiro atoms. The topological polar surface area (TPSA) is 50.3 Å². The van der Waals surface area contributed by atoms with Crippen molar-refractivity contribution in [1.82, 2.24) is 9.88 Å². The first-order valence-corrected chi connectivity index (χ1v) is 10.6. The van der Waals surface area contributed by atoms with Crippen molar-refractivity contribution in [3.05, 3.63) is 51.7 Å². The minimum absolute atomic E-state index is 0.0630. The lowest BCUT2D eigenvalue weighted by Crippen LogP contribution is -2.39. The van der Waals surface area contributed by atoms with Crippen molar-refractivity contribution in [1.29, 1.82) is 0 Å². The standard InChI is InChI=1S/C20H20N2O2S2/c23-16(18-8-4-12-25-18)9-10-19(24)22-11-3-5-14(13-22)20-21-15-6-1-2-7-17(15)26-20/h1-2,4,6-8,12,14H,3,5,9-11,13H2/t14-/m1/s1. The Morgan fingerprint density at radius 3 is 2.85 bits per heavy atom. The number of amides is 1. The molecule has 2 aromatic heterocycles. The summed E-state index contributed by atoms with van der Waals surface area (Å²) < 4.78 is 1.20. The van der Waals surface area contributed by atoms with Crippen LogP contribution in [0.25, 0.3) is 10.2 Å². The number of ketones is 1. The van der Waals surface area contributed by atoms with Crippen LogP contribution >= 0.6 is 22.7 Å². The Morgan fingerprint density at radius 1 is 1.15 bits per heavy atom. The Bertz CT molecular complexity index is 884. The van der Waals surface area contributed by atoms with Crippen LogP contribution in [0.4, 0.5) is 0 Å². The number of thiazole rings is 1. The van der Waals surface area contributed by atoms with Crippen LogP contribution in [0.5, 0.6) is 0 Å². The first-order chi connectivity index (χ1) is 12.7.